The van der Waals surface area contributed by atoms with Crippen LogP contribution in [0.1, 0.15) is 5.56 Å². The first-order chi connectivity index (χ1) is 15.9. The molecule has 7 nitrogen and oxygen atoms in total. The Labute approximate surface area is 204 Å². The molecule has 0 aliphatic carbocycles. The predicted octanol–water partition coefficient (Wildman–Crippen LogP) is 4.78. The number of alkyl halides is 3. The zero-order valence-corrected chi connectivity index (χ0v) is 20.6. The smallest absolute Gasteiger partial charge is 0.369 e. The van der Waals surface area contributed by atoms with E-state index in [-0.39, 0.29) is 15.7 Å². The van der Waals surface area contributed by atoms with Crippen molar-refractivity contribution in [1.82, 2.24) is 14.9 Å². The molecule has 0 saturated carbocycles. The second-order valence-electron chi connectivity index (χ2n) is 7.95. The van der Waals surface area contributed by atoms with Crippen LogP contribution in [-0.2, 0) is 16.0 Å². The normalized spacial score (nSPS) is 15.5. The van der Waals surface area contributed by atoms with Crippen LogP contribution in [0.15, 0.2) is 40.7 Å². The largest absolute Gasteiger partial charge is 0.420 e. The highest BCUT2D eigenvalue weighted by atomic mass is 35.5. The molecular weight excluding hydrogens is 511 g/mol. The maximum Gasteiger partial charge on any atom is 0.420 e. The molecule has 13 heteroatoms. The van der Waals surface area contributed by atoms with Gasteiger partial charge in [0.1, 0.15) is 5.56 Å². The highest BCUT2D eigenvalue weighted by molar-refractivity contribution is 7.90. The molecule has 3 aromatic rings. The van der Waals surface area contributed by atoms with Gasteiger partial charge in [-0.25, -0.2) is 18.4 Å². The molecule has 1 aromatic carbocycles. The summed E-state index contributed by atoms with van der Waals surface area (Å²) in [6, 6.07) is 6.57. The van der Waals surface area contributed by atoms with Crippen LogP contribution in [0.25, 0.3) is 10.6 Å². The number of piperazine rings is 1. The SMILES string of the molecule is CN1CCN(c2ccc(Nc3ncc(C(F)(F)F)c(-c4cc(S(C)(=O)=O)cs4)n3)c(Cl)c2)CC1. The van der Waals surface area contributed by atoms with E-state index in [2.05, 4.69) is 32.1 Å². The molecule has 0 radical (unpaired) electrons. The minimum atomic E-state index is -4.72. The van der Waals surface area contributed by atoms with E-state index >= 15 is 0 Å². The monoisotopic (exact) mass is 531 g/mol. The molecule has 0 bridgehead atoms. The number of likely N-dealkylation sites (N-methyl/N-ethyl adjacent to an activating group) is 1. The van der Waals surface area contributed by atoms with Gasteiger partial charge in [-0.2, -0.15) is 13.2 Å². The van der Waals surface area contributed by atoms with Crippen molar-refractivity contribution in [1.29, 1.82) is 0 Å². The van der Waals surface area contributed by atoms with Crippen LogP contribution in [0.4, 0.5) is 30.5 Å². The fourth-order valence-corrected chi connectivity index (χ4v) is 5.71. The average molecular weight is 532 g/mol. The average Bonchev–Trinajstić information content (AvgIpc) is 3.26. The van der Waals surface area contributed by atoms with E-state index in [1.807, 2.05) is 6.07 Å². The number of rotatable bonds is 5. The third kappa shape index (κ3) is 5.45. The molecule has 0 atom stereocenters. The van der Waals surface area contributed by atoms with Crippen LogP contribution in [0.5, 0.6) is 0 Å². The van der Waals surface area contributed by atoms with Crippen LogP contribution in [0, 0.1) is 0 Å². The number of nitrogens with one attached hydrogen (secondary N) is 1. The first-order valence-electron chi connectivity index (χ1n) is 10.1. The van der Waals surface area contributed by atoms with Crippen molar-refractivity contribution < 1.29 is 21.6 Å². The fourth-order valence-electron chi connectivity index (χ4n) is 3.46. The maximum atomic E-state index is 13.6. The predicted molar refractivity (Wildman–Crippen MR) is 128 cm³/mol. The van der Waals surface area contributed by atoms with Gasteiger partial charge in [-0.05, 0) is 31.3 Å². The Kier molecular flexibility index (Phi) is 6.78. The Bertz CT molecular complexity index is 1310. The molecule has 0 unspecified atom stereocenters. The summed E-state index contributed by atoms with van der Waals surface area (Å²) in [5.41, 5.74) is -0.0793. The summed E-state index contributed by atoms with van der Waals surface area (Å²) >= 11 is 7.31. The van der Waals surface area contributed by atoms with E-state index in [1.165, 1.54) is 11.4 Å². The van der Waals surface area contributed by atoms with Crippen molar-refractivity contribution in [3.8, 4) is 10.6 Å². The third-order valence-electron chi connectivity index (χ3n) is 5.40. The lowest BCUT2D eigenvalue weighted by atomic mass is 10.2. The molecule has 1 aliphatic heterocycles. The minimum absolute atomic E-state index is 0.0645. The quantitative estimate of drug-likeness (QED) is 0.508. The minimum Gasteiger partial charge on any atom is -0.369 e. The maximum absolute atomic E-state index is 13.6. The Balaban J connectivity index is 1.64. The number of anilines is 3. The van der Waals surface area contributed by atoms with Gasteiger partial charge in [0.15, 0.2) is 9.84 Å². The topological polar surface area (TPSA) is 78.4 Å². The number of halogens is 4. The molecule has 0 amide bonds. The Hall–Kier alpha value is -2.41. The summed E-state index contributed by atoms with van der Waals surface area (Å²) < 4.78 is 64.4. The number of thiophene rings is 1. The first-order valence-corrected chi connectivity index (χ1v) is 13.3. The van der Waals surface area contributed by atoms with Gasteiger partial charge in [-0.1, -0.05) is 11.6 Å². The van der Waals surface area contributed by atoms with Crippen molar-refractivity contribution in [2.24, 2.45) is 0 Å². The van der Waals surface area contributed by atoms with Crippen LogP contribution in [0.3, 0.4) is 0 Å². The molecule has 34 heavy (non-hydrogen) atoms. The van der Waals surface area contributed by atoms with Crippen LogP contribution in [-0.4, -0.2) is 62.8 Å². The van der Waals surface area contributed by atoms with Crippen molar-refractivity contribution in [2.45, 2.75) is 11.1 Å². The molecule has 2 aromatic heterocycles. The number of hydrogen-bond donors (Lipinski definition) is 1. The number of aromatic nitrogens is 2. The molecule has 182 valence electrons. The molecular formula is C21H21ClF3N5O2S2. The summed E-state index contributed by atoms with van der Waals surface area (Å²) in [4.78, 5) is 12.3. The van der Waals surface area contributed by atoms with Gasteiger partial charge in [0, 0.05) is 49.7 Å². The first kappa shape index (κ1) is 24.7. The second-order valence-corrected chi connectivity index (χ2v) is 11.3. The standard InChI is InChI=1S/C21H21ClF3N5O2S2/c1-29-5-7-30(8-6-29)13-3-4-17(16(22)9-13)27-20-26-11-15(21(23,24)25)19(28-20)18-10-14(12-33-18)34(2,31)32/h3-4,9-12H,5-8H2,1-2H3,(H,26,27,28). The van der Waals surface area contributed by atoms with Gasteiger partial charge in [0.25, 0.3) is 0 Å². The molecule has 4 rings (SSSR count). The van der Waals surface area contributed by atoms with Crippen molar-refractivity contribution in [2.75, 3.05) is 49.7 Å². The summed E-state index contributed by atoms with van der Waals surface area (Å²) in [6.45, 7) is 3.59. The highest BCUT2D eigenvalue weighted by Crippen LogP contribution is 2.39. The van der Waals surface area contributed by atoms with E-state index in [0.29, 0.717) is 16.9 Å². The van der Waals surface area contributed by atoms with Gasteiger partial charge < -0.3 is 15.1 Å². The van der Waals surface area contributed by atoms with Crippen molar-refractivity contribution in [3.05, 3.63) is 46.4 Å². The summed E-state index contributed by atoms with van der Waals surface area (Å²) in [6.07, 6.45) is -3.05. The molecule has 1 aliphatic rings. The number of hydrogen-bond acceptors (Lipinski definition) is 8. The van der Waals surface area contributed by atoms with E-state index in [9.17, 15) is 21.6 Å². The van der Waals surface area contributed by atoms with Crippen molar-refractivity contribution >= 4 is 50.1 Å². The Morgan fingerprint density at radius 2 is 1.85 bits per heavy atom. The number of benzene rings is 1. The summed E-state index contributed by atoms with van der Waals surface area (Å²) in [7, 11) is -1.51. The van der Waals surface area contributed by atoms with E-state index in [4.69, 9.17) is 11.6 Å². The molecule has 1 N–H and O–H groups in total. The molecule has 0 spiro atoms. The van der Waals surface area contributed by atoms with Gasteiger partial charge in [-0.3, -0.25) is 0 Å². The van der Waals surface area contributed by atoms with Crippen LogP contribution >= 0.6 is 22.9 Å². The summed E-state index contributed by atoms with van der Waals surface area (Å²) in [5, 5.41) is 4.53. The third-order valence-corrected chi connectivity index (χ3v) is 7.89. The molecule has 1 fully saturated rings. The second kappa shape index (κ2) is 9.33. The van der Waals surface area contributed by atoms with Gasteiger partial charge in [0.2, 0.25) is 5.95 Å². The lowest BCUT2D eigenvalue weighted by Crippen LogP contribution is -2.44. The van der Waals surface area contributed by atoms with Gasteiger partial charge in [-0.15, -0.1) is 11.3 Å². The van der Waals surface area contributed by atoms with Crippen LogP contribution < -0.4 is 10.2 Å². The molecule has 3 heterocycles. The lowest BCUT2D eigenvalue weighted by Gasteiger charge is -2.34. The Morgan fingerprint density at radius 1 is 1.15 bits per heavy atom. The van der Waals surface area contributed by atoms with Crippen molar-refractivity contribution in [3.63, 3.8) is 0 Å². The highest BCUT2D eigenvalue weighted by Gasteiger charge is 2.36. The molecule has 1 saturated heterocycles. The zero-order chi connectivity index (χ0) is 24.7. The van der Waals surface area contributed by atoms with Gasteiger partial charge in [0.05, 0.1) is 26.2 Å². The van der Waals surface area contributed by atoms with E-state index in [1.54, 1.807) is 12.1 Å². The number of sulfone groups is 1. The number of nitrogens with zero attached hydrogens (tertiary/aromatic N) is 4. The van der Waals surface area contributed by atoms with E-state index < -0.39 is 27.3 Å². The van der Waals surface area contributed by atoms with E-state index in [0.717, 1.165) is 49.5 Å². The van der Waals surface area contributed by atoms with Gasteiger partial charge >= 0.3 is 6.18 Å². The van der Waals surface area contributed by atoms with Crippen LogP contribution in [0.2, 0.25) is 5.02 Å². The Morgan fingerprint density at radius 3 is 2.44 bits per heavy atom. The fraction of sp³-hybridized carbons (Fsp3) is 0.333. The lowest BCUT2D eigenvalue weighted by molar-refractivity contribution is -0.137. The zero-order valence-electron chi connectivity index (χ0n) is 18.2. The summed E-state index contributed by atoms with van der Waals surface area (Å²) in [5.74, 6) is -0.0912.